The minimum absolute atomic E-state index is 0.0124. The number of methoxy groups -OCH3 is 1. The monoisotopic (exact) mass is 181 g/mol. The first-order chi connectivity index (χ1) is 6.19. The Hall–Kier alpha value is -2.01. The molecule has 1 heterocycles. The first-order valence-electron chi connectivity index (χ1n) is 3.39. The van der Waals surface area contributed by atoms with E-state index in [9.17, 15) is 5.21 Å². The van der Waals surface area contributed by atoms with Gasteiger partial charge in [-0.1, -0.05) is 9.96 Å². The van der Waals surface area contributed by atoms with Gasteiger partial charge in [-0.05, 0) is 5.53 Å². The third-order valence-electron chi connectivity index (χ3n) is 1.39. The molecule has 1 aromatic rings. The van der Waals surface area contributed by atoms with Crippen LogP contribution in [-0.2, 0) is 0 Å². The standard InChI is InChI=1S/C6H7N5O2/c1-4-3-5(8-10-7)6(13-2)9-11(4)12/h3H,1-2H3. The van der Waals surface area contributed by atoms with E-state index < -0.39 is 0 Å². The van der Waals surface area contributed by atoms with Crippen LogP contribution in [0.4, 0.5) is 5.69 Å². The summed E-state index contributed by atoms with van der Waals surface area (Å²) >= 11 is 0. The van der Waals surface area contributed by atoms with Gasteiger partial charge in [0.25, 0.3) is 5.88 Å². The fourth-order valence-corrected chi connectivity index (χ4v) is 0.793. The average Bonchev–Trinajstić information content (AvgIpc) is 2.11. The number of hydrogen-bond donors (Lipinski definition) is 0. The molecule has 1 rings (SSSR count). The quantitative estimate of drug-likeness (QED) is 0.223. The van der Waals surface area contributed by atoms with Crippen molar-refractivity contribution in [2.24, 2.45) is 5.11 Å². The van der Waals surface area contributed by atoms with Gasteiger partial charge in [-0.15, -0.1) is 0 Å². The van der Waals surface area contributed by atoms with Crippen molar-refractivity contribution < 1.29 is 9.58 Å². The summed E-state index contributed by atoms with van der Waals surface area (Å²) in [5, 5.41) is 17.7. The van der Waals surface area contributed by atoms with Crippen LogP contribution in [0, 0.1) is 12.1 Å². The Morgan fingerprint density at radius 3 is 3.00 bits per heavy atom. The lowest BCUT2D eigenvalue weighted by molar-refractivity contribution is -0.675. The van der Waals surface area contributed by atoms with Gasteiger partial charge in [0.15, 0.2) is 0 Å². The van der Waals surface area contributed by atoms with Crippen molar-refractivity contribution in [2.45, 2.75) is 6.92 Å². The number of hydrogen-bond acceptors (Lipinski definition) is 4. The second kappa shape index (κ2) is 3.59. The van der Waals surface area contributed by atoms with Crippen LogP contribution >= 0.6 is 0 Å². The van der Waals surface area contributed by atoms with E-state index in [2.05, 4.69) is 15.1 Å². The molecule has 68 valence electrons. The molecule has 0 bridgehead atoms. The van der Waals surface area contributed by atoms with E-state index in [0.717, 1.165) is 0 Å². The minimum Gasteiger partial charge on any atom is -0.594 e. The van der Waals surface area contributed by atoms with Gasteiger partial charge in [0.2, 0.25) is 5.69 Å². The van der Waals surface area contributed by atoms with Crippen molar-refractivity contribution in [1.29, 1.82) is 0 Å². The number of aryl methyl sites for hydroxylation is 1. The Morgan fingerprint density at radius 2 is 2.46 bits per heavy atom. The molecule has 7 heteroatoms. The van der Waals surface area contributed by atoms with Crippen LogP contribution in [0.15, 0.2) is 11.2 Å². The molecule has 0 saturated heterocycles. The molecular weight excluding hydrogens is 174 g/mol. The summed E-state index contributed by atoms with van der Waals surface area (Å²) in [5.74, 6) is 0.0124. The maximum Gasteiger partial charge on any atom is 0.289 e. The van der Waals surface area contributed by atoms with Crippen LogP contribution in [0.5, 0.6) is 5.88 Å². The summed E-state index contributed by atoms with van der Waals surface area (Å²) in [5.41, 5.74) is 8.73. The number of aromatic nitrogens is 2. The molecule has 0 aliphatic carbocycles. The molecule has 0 radical (unpaired) electrons. The van der Waals surface area contributed by atoms with Crippen molar-refractivity contribution in [3.8, 4) is 5.88 Å². The van der Waals surface area contributed by atoms with Gasteiger partial charge in [-0.25, -0.2) is 0 Å². The molecule has 0 aliphatic rings. The van der Waals surface area contributed by atoms with E-state index in [1.807, 2.05) is 0 Å². The topological polar surface area (TPSA) is 97.8 Å². The molecule has 0 aliphatic heterocycles. The predicted molar refractivity (Wildman–Crippen MR) is 43.3 cm³/mol. The largest absolute Gasteiger partial charge is 0.594 e. The van der Waals surface area contributed by atoms with Crippen molar-refractivity contribution in [3.05, 3.63) is 27.4 Å². The zero-order valence-corrected chi connectivity index (χ0v) is 7.13. The maximum absolute atomic E-state index is 10.9. The van der Waals surface area contributed by atoms with E-state index in [1.165, 1.54) is 13.2 Å². The normalized spacial score (nSPS) is 9.08. The zero-order chi connectivity index (χ0) is 9.84. The summed E-state index contributed by atoms with van der Waals surface area (Å²) in [7, 11) is 1.34. The highest BCUT2D eigenvalue weighted by atomic mass is 16.5. The molecule has 0 unspecified atom stereocenters. The number of rotatable bonds is 2. The van der Waals surface area contributed by atoms with Gasteiger partial charge in [0.1, 0.15) is 5.69 Å². The molecule has 1 aromatic heterocycles. The van der Waals surface area contributed by atoms with Gasteiger partial charge in [-0.2, -0.15) is 0 Å². The zero-order valence-electron chi connectivity index (χ0n) is 7.13. The Bertz CT molecular complexity index is 372. The molecule has 0 atom stereocenters. The molecule has 13 heavy (non-hydrogen) atoms. The highest BCUT2D eigenvalue weighted by molar-refractivity contribution is 5.45. The minimum atomic E-state index is 0.0124. The van der Waals surface area contributed by atoms with Crippen LogP contribution in [0.1, 0.15) is 5.69 Å². The third kappa shape index (κ3) is 1.77. The smallest absolute Gasteiger partial charge is 0.289 e. The van der Waals surface area contributed by atoms with Crippen LogP contribution in [0.2, 0.25) is 0 Å². The van der Waals surface area contributed by atoms with Crippen LogP contribution < -0.4 is 9.58 Å². The Kier molecular flexibility index (Phi) is 2.51. The Morgan fingerprint density at radius 1 is 1.77 bits per heavy atom. The lowest BCUT2D eigenvalue weighted by Gasteiger charge is -2.02. The summed E-state index contributed by atoms with van der Waals surface area (Å²) in [4.78, 5) is 2.98. The number of nitrogens with zero attached hydrogens (tertiary/aromatic N) is 5. The van der Waals surface area contributed by atoms with Crippen molar-refractivity contribution in [1.82, 2.24) is 5.10 Å². The molecular formula is C6H7N5O2. The summed E-state index contributed by atoms with van der Waals surface area (Å²) < 4.78 is 4.74. The summed E-state index contributed by atoms with van der Waals surface area (Å²) in [6.45, 7) is 1.55. The van der Waals surface area contributed by atoms with E-state index >= 15 is 0 Å². The second-order valence-electron chi connectivity index (χ2n) is 2.24. The van der Waals surface area contributed by atoms with Crippen molar-refractivity contribution >= 4 is 5.69 Å². The van der Waals surface area contributed by atoms with Crippen LogP contribution in [-0.4, -0.2) is 12.2 Å². The molecule has 0 amide bonds. The predicted octanol–water partition coefficient (Wildman–Crippen LogP) is 0.974. The highest BCUT2D eigenvalue weighted by Gasteiger charge is 2.10. The van der Waals surface area contributed by atoms with Gasteiger partial charge >= 0.3 is 0 Å². The Balaban J connectivity index is 3.32. The summed E-state index contributed by atoms with van der Waals surface area (Å²) in [6.07, 6.45) is 0. The third-order valence-corrected chi connectivity index (χ3v) is 1.39. The van der Waals surface area contributed by atoms with E-state index in [1.54, 1.807) is 6.92 Å². The van der Waals surface area contributed by atoms with Gasteiger partial charge in [-0.3, -0.25) is 0 Å². The van der Waals surface area contributed by atoms with Gasteiger partial charge in [0.05, 0.1) is 12.2 Å². The number of ether oxygens (including phenoxy) is 1. The molecule has 0 spiro atoms. The van der Waals surface area contributed by atoms with Crippen molar-refractivity contribution in [3.63, 3.8) is 0 Å². The van der Waals surface area contributed by atoms with Crippen molar-refractivity contribution in [2.75, 3.05) is 7.11 Å². The molecule has 7 nitrogen and oxygen atoms in total. The highest BCUT2D eigenvalue weighted by Crippen LogP contribution is 2.23. The van der Waals surface area contributed by atoms with Crippen LogP contribution in [0.3, 0.4) is 0 Å². The fourth-order valence-electron chi connectivity index (χ4n) is 0.793. The lowest BCUT2D eigenvalue weighted by Crippen LogP contribution is -2.34. The Labute approximate surface area is 73.8 Å². The lowest BCUT2D eigenvalue weighted by atomic mass is 10.4. The fraction of sp³-hybridized carbons (Fsp3) is 0.333. The number of azide groups is 1. The van der Waals surface area contributed by atoms with Gasteiger partial charge < -0.3 is 9.94 Å². The molecule has 0 saturated carbocycles. The molecule has 0 N–H and O–H groups in total. The van der Waals surface area contributed by atoms with Crippen LogP contribution in [0.25, 0.3) is 10.4 Å². The molecule has 0 aromatic carbocycles. The SMILES string of the molecule is COc1n[n+]([O-])c(C)cc1N=[N+]=[N-]. The van der Waals surface area contributed by atoms with Gasteiger partial charge in [0, 0.05) is 17.9 Å². The molecule has 0 fully saturated rings. The average molecular weight is 181 g/mol. The van der Waals surface area contributed by atoms with E-state index in [0.29, 0.717) is 10.5 Å². The van der Waals surface area contributed by atoms with E-state index in [-0.39, 0.29) is 11.6 Å². The first-order valence-corrected chi connectivity index (χ1v) is 3.39. The first kappa shape index (κ1) is 9.08. The van der Waals surface area contributed by atoms with E-state index in [4.69, 9.17) is 10.3 Å². The maximum atomic E-state index is 10.9. The second-order valence-corrected chi connectivity index (χ2v) is 2.24. The summed E-state index contributed by atoms with van der Waals surface area (Å²) in [6, 6.07) is 1.40.